The Morgan fingerprint density at radius 2 is 1.56 bits per heavy atom. The molecule has 25 heavy (non-hydrogen) atoms. The van der Waals surface area contributed by atoms with Crippen LogP contribution in [0.3, 0.4) is 0 Å². The van der Waals surface area contributed by atoms with Crippen LogP contribution in [0, 0.1) is 13.8 Å². The number of benzene rings is 2. The van der Waals surface area contributed by atoms with Crippen molar-refractivity contribution in [3.63, 3.8) is 0 Å². The molecule has 0 saturated heterocycles. The zero-order valence-corrected chi connectivity index (χ0v) is 14.1. The van der Waals surface area contributed by atoms with E-state index in [9.17, 15) is 9.59 Å². The van der Waals surface area contributed by atoms with Gasteiger partial charge < -0.3 is 0 Å². The molecular formula is C19H20N4O2. The first kappa shape index (κ1) is 16.9. The summed E-state index contributed by atoms with van der Waals surface area (Å²) in [6, 6.07) is 14.3. The second kappa shape index (κ2) is 6.86. The minimum absolute atomic E-state index is 0.203. The molecule has 2 unspecified atom stereocenters. The van der Waals surface area contributed by atoms with Gasteiger partial charge in [-0.25, -0.2) is 5.84 Å². The highest BCUT2D eigenvalue weighted by Gasteiger charge is 2.40. The summed E-state index contributed by atoms with van der Waals surface area (Å²) >= 11 is 0. The average molecular weight is 336 g/mol. The van der Waals surface area contributed by atoms with Gasteiger partial charge in [-0.3, -0.25) is 20.4 Å². The van der Waals surface area contributed by atoms with E-state index in [1.165, 1.54) is 0 Å². The zero-order chi connectivity index (χ0) is 18.0. The lowest BCUT2D eigenvalue weighted by molar-refractivity contribution is -0.123. The van der Waals surface area contributed by atoms with Crippen molar-refractivity contribution in [1.29, 1.82) is 0 Å². The van der Waals surface area contributed by atoms with Crippen molar-refractivity contribution in [1.82, 2.24) is 10.9 Å². The highest BCUT2D eigenvalue weighted by molar-refractivity contribution is 6.48. The van der Waals surface area contributed by atoms with Gasteiger partial charge in [0, 0.05) is 5.56 Å². The Morgan fingerprint density at radius 3 is 2.12 bits per heavy atom. The van der Waals surface area contributed by atoms with Gasteiger partial charge >= 0.3 is 0 Å². The summed E-state index contributed by atoms with van der Waals surface area (Å²) in [6.07, 6.45) is 0. The summed E-state index contributed by atoms with van der Waals surface area (Å²) in [5, 5.41) is 4.17. The van der Waals surface area contributed by atoms with E-state index in [1.54, 1.807) is 12.1 Å². The number of carbonyl (C=O) groups is 2. The summed E-state index contributed by atoms with van der Waals surface area (Å²) in [5.74, 6) is 4.17. The number of Topliss-reactive ketones (excluding diaryl/α,β-unsaturated/α-hetero) is 1. The molecule has 0 radical (unpaired) electrons. The maximum atomic E-state index is 12.9. The molecule has 2 aromatic rings. The first-order chi connectivity index (χ1) is 12.0. The maximum absolute atomic E-state index is 12.9. The molecule has 128 valence electrons. The Morgan fingerprint density at radius 1 is 1.00 bits per heavy atom. The zero-order valence-electron chi connectivity index (χ0n) is 14.1. The predicted molar refractivity (Wildman–Crippen MR) is 96.1 cm³/mol. The number of amides is 1. The number of aryl methyl sites for hydroxylation is 2. The van der Waals surface area contributed by atoms with E-state index < -0.39 is 17.9 Å². The number of nitrogens with two attached hydrogens (primary N) is 1. The molecule has 1 aliphatic rings. The fraction of sp³-hybridized carbons (Fsp3) is 0.211. The fourth-order valence-corrected chi connectivity index (χ4v) is 2.91. The average Bonchev–Trinajstić information content (AvgIpc) is 3.06. The molecule has 2 atom stereocenters. The summed E-state index contributed by atoms with van der Waals surface area (Å²) in [6.45, 7) is 3.94. The van der Waals surface area contributed by atoms with Crippen LogP contribution < -0.4 is 16.7 Å². The van der Waals surface area contributed by atoms with Crippen molar-refractivity contribution in [3.05, 3.63) is 70.8 Å². The summed E-state index contributed by atoms with van der Waals surface area (Å²) in [4.78, 5) is 25.1. The number of ketones is 1. The number of nitrogens with one attached hydrogen (secondary N) is 2. The van der Waals surface area contributed by atoms with Crippen LogP contribution in [0.4, 0.5) is 0 Å². The lowest BCUT2D eigenvalue weighted by atomic mass is 9.84. The van der Waals surface area contributed by atoms with Crippen molar-refractivity contribution in [2.45, 2.75) is 25.8 Å². The van der Waals surface area contributed by atoms with Crippen LogP contribution in [0.5, 0.6) is 0 Å². The molecular weight excluding hydrogens is 316 g/mol. The Kier molecular flexibility index (Phi) is 4.63. The van der Waals surface area contributed by atoms with E-state index in [-0.39, 0.29) is 5.78 Å². The molecule has 1 aliphatic heterocycles. The van der Waals surface area contributed by atoms with Crippen LogP contribution in [-0.4, -0.2) is 23.4 Å². The lowest BCUT2D eigenvalue weighted by Gasteiger charge is -2.19. The number of hydrazine groups is 1. The van der Waals surface area contributed by atoms with E-state index in [4.69, 9.17) is 5.84 Å². The Balaban J connectivity index is 1.99. The molecule has 6 nitrogen and oxygen atoms in total. The summed E-state index contributed by atoms with van der Waals surface area (Å²) in [7, 11) is 0. The topological polar surface area (TPSA) is 96.6 Å². The molecule has 0 aromatic heterocycles. The van der Waals surface area contributed by atoms with Crippen molar-refractivity contribution in [2.75, 3.05) is 0 Å². The molecule has 1 heterocycles. The second-order valence-corrected chi connectivity index (χ2v) is 6.20. The van der Waals surface area contributed by atoms with Crippen molar-refractivity contribution in [2.24, 2.45) is 10.9 Å². The molecule has 0 saturated carbocycles. The molecule has 4 N–H and O–H groups in total. The van der Waals surface area contributed by atoms with E-state index in [0.717, 1.165) is 16.7 Å². The molecule has 0 bridgehead atoms. The Hall–Kier alpha value is -2.99. The smallest absolute Gasteiger partial charge is 0.259 e. The van der Waals surface area contributed by atoms with Crippen LogP contribution in [0.1, 0.15) is 33.0 Å². The highest BCUT2D eigenvalue weighted by Crippen LogP contribution is 2.28. The lowest BCUT2D eigenvalue weighted by Crippen LogP contribution is -2.47. The third kappa shape index (κ3) is 3.29. The largest absolute Gasteiger partial charge is 0.296 e. The van der Waals surface area contributed by atoms with Crippen LogP contribution >= 0.6 is 0 Å². The number of hydrogen-bond donors (Lipinski definition) is 3. The summed E-state index contributed by atoms with van der Waals surface area (Å²) in [5.41, 5.74) is 8.74. The van der Waals surface area contributed by atoms with Gasteiger partial charge in [0.25, 0.3) is 5.91 Å². The molecule has 0 spiro atoms. The van der Waals surface area contributed by atoms with Crippen LogP contribution in [0.2, 0.25) is 0 Å². The van der Waals surface area contributed by atoms with Gasteiger partial charge in [0.15, 0.2) is 0 Å². The van der Waals surface area contributed by atoms with E-state index in [0.29, 0.717) is 11.3 Å². The standard InChI is InChI=1S/C19H20N4O2/c1-11-3-7-13(8-4-11)15-16(22-23-17(15)19(25)21-20)18(24)14-9-5-12(2)6-10-14/h3-10,15,17,23H,20H2,1-2H3,(H,21,25). The SMILES string of the molecule is Cc1ccc(C(=O)C2=NNC(C(=O)NN)C2c2ccc(C)cc2)cc1. The van der Waals surface area contributed by atoms with Crippen molar-refractivity contribution >= 4 is 17.4 Å². The van der Waals surface area contributed by atoms with Crippen LogP contribution in [-0.2, 0) is 4.79 Å². The summed E-state index contributed by atoms with van der Waals surface area (Å²) < 4.78 is 0. The predicted octanol–water partition coefficient (Wildman–Crippen LogP) is 1.59. The monoisotopic (exact) mass is 336 g/mol. The molecule has 0 aliphatic carbocycles. The van der Waals surface area contributed by atoms with Gasteiger partial charge in [0.05, 0.1) is 5.92 Å². The normalized spacial score (nSPS) is 19.1. The third-order valence-electron chi connectivity index (χ3n) is 4.36. The second-order valence-electron chi connectivity index (χ2n) is 6.20. The molecule has 2 aromatic carbocycles. The van der Waals surface area contributed by atoms with Gasteiger partial charge in [-0.05, 0) is 19.4 Å². The van der Waals surface area contributed by atoms with E-state index >= 15 is 0 Å². The minimum Gasteiger partial charge on any atom is -0.296 e. The number of rotatable bonds is 4. The first-order valence-electron chi connectivity index (χ1n) is 8.02. The van der Waals surface area contributed by atoms with Crippen molar-refractivity contribution < 1.29 is 9.59 Å². The number of carbonyl (C=O) groups excluding carboxylic acids is 2. The number of hydrogen-bond acceptors (Lipinski definition) is 5. The van der Waals surface area contributed by atoms with Gasteiger partial charge in [-0.15, -0.1) is 0 Å². The van der Waals surface area contributed by atoms with Gasteiger partial charge in [-0.2, -0.15) is 5.10 Å². The van der Waals surface area contributed by atoms with Crippen LogP contribution in [0.15, 0.2) is 53.6 Å². The molecule has 3 rings (SSSR count). The van der Waals surface area contributed by atoms with Crippen LogP contribution in [0.25, 0.3) is 0 Å². The van der Waals surface area contributed by atoms with Gasteiger partial charge in [0.1, 0.15) is 11.8 Å². The quantitative estimate of drug-likeness (QED) is 0.342. The Labute approximate surface area is 146 Å². The van der Waals surface area contributed by atoms with Gasteiger partial charge in [0.2, 0.25) is 5.78 Å². The van der Waals surface area contributed by atoms with Crippen molar-refractivity contribution in [3.8, 4) is 0 Å². The molecule has 1 amide bonds. The van der Waals surface area contributed by atoms with Gasteiger partial charge in [-0.1, -0.05) is 59.7 Å². The molecule has 0 fully saturated rings. The Bertz CT molecular complexity index is 826. The minimum atomic E-state index is -0.725. The maximum Gasteiger partial charge on any atom is 0.259 e. The molecule has 6 heteroatoms. The van der Waals surface area contributed by atoms with E-state index in [2.05, 4.69) is 16.0 Å². The van der Waals surface area contributed by atoms with E-state index in [1.807, 2.05) is 50.2 Å². The number of nitrogens with zero attached hydrogens (tertiary/aromatic N) is 1. The third-order valence-corrected chi connectivity index (χ3v) is 4.36. The highest BCUT2D eigenvalue weighted by atomic mass is 16.2. The fourth-order valence-electron chi connectivity index (χ4n) is 2.91. The number of hydrazone groups is 1. The first-order valence-corrected chi connectivity index (χ1v) is 8.02.